The van der Waals surface area contributed by atoms with Crippen molar-refractivity contribution in [2.24, 2.45) is 17.3 Å². The smallest absolute Gasteiger partial charge is 0.0436 e. The van der Waals surface area contributed by atoms with E-state index in [2.05, 4.69) is 33.0 Å². The number of aliphatic hydroxyl groups is 1. The maximum atomic E-state index is 8.99. The molecule has 3 atom stereocenters. The molecule has 0 bridgehead atoms. The lowest BCUT2D eigenvalue weighted by Crippen LogP contribution is -2.41. The van der Waals surface area contributed by atoms with Gasteiger partial charge in [0.2, 0.25) is 0 Å². The predicted octanol–water partition coefficient (Wildman–Crippen LogP) is 2.81. The Morgan fingerprint density at radius 2 is 1.88 bits per heavy atom. The molecule has 0 heterocycles. The molecule has 1 saturated carbocycles. The van der Waals surface area contributed by atoms with Crippen LogP contribution in [0.1, 0.15) is 53.4 Å². The third-order valence-corrected chi connectivity index (χ3v) is 4.26. The number of nitrogens with one attached hydrogen (secondary N) is 1. The van der Waals surface area contributed by atoms with E-state index in [9.17, 15) is 0 Å². The third-order valence-electron chi connectivity index (χ3n) is 4.26. The van der Waals surface area contributed by atoms with Gasteiger partial charge in [0.15, 0.2) is 0 Å². The van der Waals surface area contributed by atoms with E-state index >= 15 is 0 Å². The average molecular weight is 227 g/mol. The van der Waals surface area contributed by atoms with Crippen molar-refractivity contribution in [3.8, 4) is 0 Å². The lowest BCUT2D eigenvalue weighted by Gasteiger charge is -2.35. The summed E-state index contributed by atoms with van der Waals surface area (Å²) in [4.78, 5) is 0. The van der Waals surface area contributed by atoms with Gasteiger partial charge >= 0.3 is 0 Å². The van der Waals surface area contributed by atoms with Crippen molar-refractivity contribution in [1.82, 2.24) is 5.32 Å². The van der Waals surface area contributed by atoms with Gasteiger partial charge in [0.1, 0.15) is 0 Å². The highest BCUT2D eigenvalue weighted by molar-refractivity contribution is 4.82. The SMILES string of the molecule is C[C@@H]1CC[C@@H](NCC(C)(C)CCO)C[C@@H]1C. The molecule has 0 radical (unpaired) electrons. The fourth-order valence-corrected chi connectivity index (χ4v) is 2.54. The van der Waals surface area contributed by atoms with Crippen molar-refractivity contribution in [2.75, 3.05) is 13.2 Å². The number of rotatable bonds is 5. The molecule has 2 heteroatoms. The van der Waals surface area contributed by atoms with E-state index in [1.165, 1.54) is 19.3 Å². The first-order valence-electron chi connectivity index (χ1n) is 6.79. The molecule has 2 N–H and O–H groups in total. The molecule has 0 amide bonds. The highest BCUT2D eigenvalue weighted by Crippen LogP contribution is 2.30. The van der Waals surface area contributed by atoms with Gasteiger partial charge in [0, 0.05) is 19.2 Å². The van der Waals surface area contributed by atoms with Crippen LogP contribution in [0.5, 0.6) is 0 Å². The van der Waals surface area contributed by atoms with Gasteiger partial charge in [0.25, 0.3) is 0 Å². The van der Waals surface area contributed by atoms with E-state index < -0.39 is 0 Å². The molecule has 1 fully saturated rings. The van der Waals surface area contributed by atoms with Crippen molar-refractivity contribution in [1.29, 1.82) is 0 Å². The second-order valence-electron chi connectivity index (χ2n) is 6.48. The van der Waals surface area contributed by atoms with Gasteiger partial charge in [-0.2, -0.15) is 0 Å². The van der Waals surface area contributed by atoms with Gasteiger partial charge in [-0.25, -0.2) is 0 Å². The summed E-state index contributed by atoms with van der Waals surface area (Å²) >= 11 is 0. The first-order chi connectivity index (χ1) is 7.44. The van der Waals surface area contributed by atoms with Crippen LogP contribution in [-0.4, -0.2) is 24.3 Å². The summed E-state index contributed by atoms with van der Waals surface area (Å²) in [7, 11) is 0. The quantitative estimate of drug-likeness (QED) is 0.757. The molecule has 1 aliphatic rings. The molecule has 0 aromatic carbocycles. The van der Waals surface area contributed by atoms with Gasteiger partial charge in [-0.05, 0) is 42.9 Å². The lowest BCUT2D eigenvalue weighted by molar-refractivity contribution is 0.180. The zero-order chi connectivity index (χ0) is 12.2. The molecular formula is C14H29NO. The summed E-state index contributed by atoms with van der Waals surface area (Å²) in [5, 5.41) is 12.7. The summed E-state index contributed by atoms with van der Waals surface area (Å²) in [5.41, 5.74) is 0.223. The Hall–Kier alpha value is -0.0800. The molecule has 0 aliphatic heterocycles. The monoisotopic (exact) mass is 227 g/mol. The Labute approximate surface area is 101 Å². The molecule has 1 rings (SSSR count). The maximum absolute atomic E-state index is 8.99. The fraction of sp³-hybridized carbons (Fsp3) is 1.00. The van der Waals surface area contributed by atoms with Crippen LogP contribution >= 0.6 is 0 Å². The van der Waals surface area contributed by atoms with Crippen LogP contribution in [0.15, 0.2) is 0 Å². The van der Waals surface area contributed by atoms with Crippen LogP contribution in [-0.2, 0) is 0 Å². The maximum Gasteiger partial charge on any atom is 0.0436 e. The molecule has 0 aromatic heterocycles. The zero-order valence-electron chi connectivity index (χ0n) is 11.4. The highest BCUT2D eigenvalue weighted by Gasteiger charge is 2.26. The van der Waals surface area contributed by atoms with Gasteiger partial charge < -0.3 is 10.4 Å². The Balaban J connectivity index is 2.28. The molecule has 0 unspecified atom stereocenters. The van der Waals surface area contributed by atoms with E-state index in [0.717, 1.165) is 24.8 Å². The lowest BCUT2D eigenvalue weighted by atomic mass is 9.78. The molecular weight excluding hydrogens is 198 g/mol. The molecule has 96 valence electrons. The van der Waals surface area contributed by atoms with Crippen molar-refractivity contribution in [3.63, 3.8) is 0 Å². The first-order valence-corrected chi connectivity index (χ1v) is 6.79. The van der Waals surface area contributed by atoms with E-state index in [1.807, 2.05) is 0 Å². The highest BCUT2D eigenvalue weighted by atomic mass is 16.3. The van der Waals surface area contributed by atoms with Crippen LogP contribution in [0.4, 0.5) is 0 Å². The van der Waals surface area contributed by atoms with Gasteiger partial charge in [0.05, 0.1) is 0 Å². The molecule has 0 spiro atoms. The minimum Gasteiger partial charge on any atom is -0.396 e. The van der Waals surface area contributed by atoms with Gasteiger partial charge in [-0.1, -0.05) is 27.7 Å². The van der Waals surface area contributed by atoms with Crippen molar-refractivity contribution in [3.05, 3.63) is 0 Å². The van der Waals surface area contributed by atoms with Gasteiger partial charge in [-0.3, -0.25) is 0 Å². The summed E-state index contributed by atoms with van der Waals surface area (Å²) in [5.74, 6) is 1.75. The predicted molar refractivity (Wildman–Crippen MR) is 69.5 cm³/mol. The second-order valence-corrected chi connectivity index (χ2v) is 6.48. The van der Waals surface area contributed by atoms with Crippen molar-refractivity contribution in [2.45, 2.75) is 59.4 Å². The first kappa shape index (κ1) is 14.0. The van der Waals surface area contributed by atoms with Crippen LogP contribution < -0.4 is 5.32 Å². The molecule has 0 saturated heterocycles. The number of hydrogen-bond donors (Lipinski definition) is 2. The summed E-state index contributed by atoms with van der Waals surface area (Å²) in [6.45, 7) is 10.5. The van der Waals surface area contributed by atoms with Crippen LogP contribution in [0, 0.1) is 17.3 Å². The normalized spacial score (nSPS) is 31.7. The Morgan fingerprint density at radius 1 is 1.19 bits per heavy atom. The van der Waals surface area contributed by atoms with Gasteiger partial charge in [-0.15, -0.1) is 0 Å². The largest absolute Gasteiger partial charge is 0.396 e. The molecule has 1 aliphatic carbocycles. The average Bonchev–Trinajstić information content (AvgIpc) is 2.20. The third kappa shape index (κ3) is 4.42. The minimum absolute atomic E-state index is 0.223. The van der Waals surface area contributed by atoms with E-state index in [1.54, 1.807) is 0 Å². The summed E-state index contributed by atoms with van der Waals surface area (Å²) in [6.07, 6.45) is 4.88. The number of aliphatic hydroxyl groups excluding tert-OH is 1. The summed E-state index contributed by atoms with van der Waals surface area (Å²) < 4.78 is 0. The van der Waals surface area contributed by atoms with Crippen LogP contribution in [0.2, 0.25) is 0 Å². The van der Waals surface area contributed by atoms with E-state index in [4.69, 9.17) is 5.11 Å². The fourth-order valence-electron chi connectivity index (χ4n) is 2.54. The minimum atomic E-state index is 0.223. The van der Waals surface area contributed by atoms with E-state index in [0.29, 0.717) is 12.6 Å². The van der Waals surface area contributed by atoms with E-state index in [-0.39, 0.29) is 5.41 Å². The van der Waals surface area contributed by atoms with Crippen molar-refractivity contribution >= 4 is 0 Å². The zero-order valence-corrected chi connectivity index (χ0v) is 11.4. The Morgan fingerprint density at radius 3 is 2.44 bits per heavy atom. The Bertz CT molecular complexity index is 203. The van der Waals surface area contributed by atoms with Crippen LogP contribution in [0.3, 0.4) is 0 Å². The Kier molecular flexibility index (Phi) is 5.26. The summed E-state index contributed by atoms with van der Waals surface area (Å²) in [6, 6.07) is 0.698. The van der Waals surface area contributed by atoms with Crippen molar-refractivity contribution < 1.29 is 5.11 Å². The molecule has 2 nitrogen and oxygen atoms in total. The topological polar surface area (TPSA) is 32.3 Å². The standard InChI is InChI=1S/C14H29NO/c1-11-5-6-13(9-12(11)2)15-10-14(3,4)7-8-16/h11-13,15-16H,5-10H2,1-4H3/t11-,12+,13-/m1/s1. The number of hydrogen-bond acceptors (Lipinski definition) is 2. The second kappa shape index (κ2) is 6.02. The molecule has 16 heavy (non-hydrogen) atoms. The molecule has 0 aromatic rings. The van der Waals surface area contributed by atoms with Crippen LogP contribution in [0.25, 0.3) is 0 Å².